The van der Waals surface area contributed by atoms with Crippen molar-refractivity contribution in [2.24, 2.45) is 0 Å². The van der Waals surface area contributed by atoms with E-state index in [0.717, 1.165) is 5.56 Å². The van der Waals surface area contributed by atoms with Gasteiger partial charge in [-0.15, -0.1) is 5.10 Å². The fraction of sp³-hybridized carbons (Fsp3) is 0.167. The van der Waals surface area contributed by atoms with E-state index in [-0.39, 0.29) is 17.4 Å². The summed E-state index contributed by atoms with van der Waals surface area (Å²) in [5, 5.41) is 11.0. The van der Waals surface area contributed by atoms with E-state index in [4.69, 9.17) is 4.74 Å². The summed E-state index contributed by atoms with van der Waals surface area (Å²) in [6, 6.07) is 13.2. The van der Waals surface area contributed by atoms with Gasteiger partial charge in [-0.3, -0.25) is 4.79 Å². The van der Waals surface area contributed by atoms with E-state index in [9.17, 15) is 9.18 Å². The summed E-state index contributed by atoms with van der Waals surface area (Å²) in [6.07, 6.45) is 2.06. The number of carbonyl (C=O) groups is 1. The maximum absolute atomic E-state index is 13.0. The number of para-hydroxylation sites is 1. The van der Waals surface area contributed by atoms with Crippen LogP contribution in [0.3, 0.4) is 0 Å². The zero-order valence-electron chi connectivity index (χ0n) is 13.6. The molecule has 6 nitrogen and oxygen atoms in total. The molecule has 3 rings (SSSR count). The molecule has 1 aromatic heterocycles. The van der Waals surface area contributed by atoms with Crippen molar-refractivity contribution in [2.75, 3.05) is 19.0 Å². The molecule has 0 fully saturated rings. The standard InChI is InChI=1S/C18H17FN4O2/c1-25-11-10-13-4-2-3-5-16(13)21-18(24)17-12-20-23(22-17)15-8-6-14(19)7-9-15/h2-9,12H,10-11H2,1H3,(H,21,24). The van der Waals surface area contributed by atoms with Gasteiger partial charge in [0.15, 0.2) is 5.69 Å². The van der Waals surface area contributed by atoms with Crippen LogP contribution in [0.15, 0.2) is 54.7 Å². The van der Waals surface area contributed by atoms with Crippen molar-refractivity contribution in [3.8, 4) is 5.69 Å². The number of nitrogens with one attached hydrogen (secondary N) is 1. The second-order valence-corrected chi connectivity index (χ2v) is 5.35. The van der Waals surface area contributed by atoms with Gasteiger partial charge in [0.05, 0.1) is 18.5 Å². The van der Waals surface area contributed by atoms with Crippen LogP contribution >= 0.6 is 0 Å². The Hall–Kier alpha value is -3.06. The Balaban J connectivity index is 1.75. The second kappa shape index (κ2) is 7.67. The first kappa shape index (κ1) is 16.8. The molecule has 0 spiro atoms. The number of benzene rings is 2. The molecular weight excluding hydrogens is 323 g/mol. The predicted molar refractivity (Wildman–Crippen MR) is 91.3 cm³/mol. The highest BCUT2D eigenvalue weighted by Crippen LogP contribution is 2.17. The molecule has 0 atom stereocenters. The van der Waals surface area contributed by atoms with Crippen LogP contribution in [0, 0.1) is 5.82 Å². The summed E-state index contributed by atoms with van der Waals surface area (Å²) in [4.78, 5) is 13.7. The Morgan fingerprint density at radius 1 is 1.20 bits per heavy atom. The lowest BCUT2D eigenvalue weighted by Crippen LogP contribution is -2.15. The van der Waals surface area contributed by atoms with Gasteiger partial charge in [0, 0.05) is 12.8 Å². The van der Waals surface area contributed by atoms with Crippen LogP contribution in [0.25, 0.3) is 5.69 Å². The van der Waals surface area contributed by atoms with Crippen LogP contribution in [-0.2, 0) is 11.2 Å². The van der Waals surface area contributed by atoms with E-state index in [2.05, 4.69) is 15.5 Å². The molecule has 0 aliphatic heterocycles. The minimum atomic E-state index is -0.363. The average molecular weight is 340 g/mol. The number of carbonyl (C=O) groups excluding carboxylic acids is 1. The molecule has 128 valence electrons. The maximum Gasteiger partial charge on any atom is 0.277 e. The lowest BCUT2D eigenvalue weighted by molar-refractivity contribution is 0.102. The van der Waals surface area contributed by atoms with Gasteiger partial charge < -0.3 is 10.1 Å². The fourth-order valence-corrected chi connectivity index (χ4v) is 2.32. The molecule has 0 saturated carbocycles. The molecule has 0 unspecified atom stereocenters. The molecule has 3 aromatic rings. The first-order chi connectivity index (χ1) is 12.2. The molecule has 0 aliphatic rings. The summed E-state index contributed by atoms with van der Waals surface area (Å²) in [7, 11) is 1.63. The third-order valence-corrected chi connectivity index (χ3v) is 3.62. The van der Waals surface area contributed by atoms with Gasteiger partial charge in [0.25, 0.3) is 5.91 Å². The highest BCUT2D eigenvalue weighted by molar-refractivity contribution is 6.03. The Morgan fingerprint density at radius 2 is 1.96 bits per heavy atom. The number of rotatable bonds is 6. The van der Waals surface area contributed by atoms with Crippen molar-refractivity contribution in [3.05, 3.63) is 71.8 Å². The number of nitrogens with zero attached hydrogens (tertiary/aromatic N) is 3. The Kier molecular flexibility index (Phi) is 5.15. The van der Waals surface area contributed by atoms with Gasteiger partial charge in [0.1, 0.15) is 5.82 Å². The fourth-order valence-electron chi connectivity index (χ4n) is 2.32. The van der Waals surface area contributed by atoms with Crippen LogP contribution in [0.5, 0.6) is 0 Å². The summed E-state index contributed by atoms with van der Waals surface area (Å²) < 4.78 is 18.1. The molecule has 0 saturated heterocycles. The summed E-state index contributed by atoms with van der Waals surface area (Å²) >= 11 is 0. The van der Waals surface area contributed by atoms with Crippen LogP contribution in [-0.4, -0.2) is 34.6 Å². The van der Waals surface area contributed by atoms with Crippen LogP contribution in [0.4, 0.5) is 10.1 Å². The highest BCUT2D eigenvalue weighted by Gasteiger charge is 2.13. The normalized spacial score (nSPS) is 10.6. The van der Waals surface area contributed by atoms with Crippen molar-refractivity contribution in [2.45, 2.75) is 6.42 Å². The van der Waals surface area contributed by atoms with Gasteiger partial charge >= 0.3 is 0 Å². The maximum atomic E-state index is 13.0. The van der Waals surface area contributed by atoms with Gasteiger partial charge in [-0.2, -0.15) is 9.90 Å². The number of methoxy groups -OCH3 is 1. The molecule has 0 aliphatic carbocycles. The van der Waals surface area contributed by atoms with Crippen LogP contribution in [0.1, 0.15) is 16.1 Å². The van der Waals surface area contributed by atoms with E-state index in [1.54, 1.807) is 7.11 Å². The monoisotopic (exact) mass is 340 g/mol. The molecule has 1 heterocycles. The van der Waals surface area contributed by atoms with Crippen molar-refractivity contribution in [1.82, 2.24) is 15.0 Å². The molecule has 1 amide bonds. The zero-order valence-corrected chi connectivity index (χ0v) is 13.6. The first-order valence-electron chi connectivity index (χ1n) is 7.74. The minimum Gasteiger partial charge on any atom is -0.384 e. The Labute approximate surface area is 144 Å². The highest BCUT2D eigenvalue weighted by atomic mass is 19.1. The second-order valence-electron chi connectivity index (χ2n) is 5.35. The van der Waals surface area contributed by atoms with Crippen molar-refractivity contribution in [3.63, 3.8) is 0 Å². The van der Waals surface area contributed by atoms with Crippen molar-refractivity contribution in [1.29, 1.82) is 0 Å². The Bertz CT molecular complexity index is 862. The topological polar surface area (TPSA) is 69.0 Å². The molecule has 0 radical (unpaired) electrons. The molecular formula is C18H17FN4O2. The van der Waals surface area contributed by atoms with Crippen molar-refractivity contribution < 1.29 is 13.9 Å². The molecule has 7 heteroatoms. The molecule has 1 N–H and O–H groups in total. The minimum absolute atomic E-state index is 0.172. The zero-order chi connectivity index (χ0) is 17.6. The van der Waals surface area contributed by atoms with E-state index >= 15 is 0 Å². The largest absolute Gasteiger partial charge is 0.384 e. The third-order valence-electron chi connectivity index (χ3n) is 3.62. The number of ether oxygens (including phenoxy) is 1. The smallest absolute Gasteiger partial charge is 0.277 e. The molecule has 25 heavy (non-hydrogen) atoms. The lowest BCUT2D eigenvalue weighted by Gasteiger charge is -2.09. The number of amides is 1. The van der Waals surface area contributed by atoms with E-state index in [0.29, 0.717) is 24.4 Å². The van der Waals surface area contributed by atoms with Crippen molar-refractivity contribution >= 4 is 11.6 Å². The number of aromatic nitrogens is 3. The number of halogens is 1. The molecule has 2 aromatic carbocycles. The summed E-state index contributed by atoms with van der Waals surface area (Å²) in [5.41, 5.74) is 2.43. The van der Waals surface area contributed by atoms with Gasteiger partial charge in [-0.05, 0) is 42.3 Å². The predicted octanol–water partition coefficient (Wildman–Crippen LogP) is 2.85. The summed E-state index contributed by atoms with van der Waals surface area (Å²) in [5.74, 6) is -0.709. The van der Waals surface area contributed by atoms with E-state index < -0.39 is 0 Å². The van der Waals surface area contributed by atoms with Gasteiger partial charge in [-0.25, -0.2) is 4.39 Å². The number of hydrogen-bond donors (Lipinski definition) is 1. The van der Waals surface area contributed by atoms with E-state index in [1.807, 2.05) is 24.3 Å². The third kappa shape index (κ3) is 4.07. The number of hydrogen-bond acceptors (Lipinski definition) is 4. The van der Waals surface area contributed by atoms with Crippen LogP contribution in [0.2, 0.25) is 0 Å². The van der Waals surface area contributed by atoms with Crippen LogP contribution < -0.4 is 5.32 Å². The summed E-state index contributed by atoms with van der Waals surface area (Å²) in [6.45, 7) is 0.563. The molecule has 0 bridgehead atoms. The van der Waals surface area contributed by atoms with E-state index in [1.165, 1.54) is 35.3 Å². The Morgan fingerprint density at radius 3 is 2.72 bits per heavy atom. The number of anilines is 1. The average Bonchev–Trinajstić information content (AvgIpc) is 3.12. The first-order valence-corrected chi connectivity index (χ1v) is 7.74. The van der Waals surface area contributed by atoms with Gasteiger partial charge in [-0.1, -0.05) is 18.2 Å². The SMILES string of the molecule is COCCc1ccccc1NC(=O)c1cnn(-c2ccc(F)cc2)n1. The quantitative estimate of drug-likeness (QED) is 0.749. The lowest BCUT2D eigenvalue weighted by atomic mass is 10.1. The van der Waals surface area contributed by atoms with Gasteiger partial charge in [0.2, 0.25) is 0 Å².